The minimum atomic E-state index is -3.02. The Balaban J connectivity index is 2.74. The Morgan fingerprint density at radius 1 is 1.24 bits per heavy atom. The SMILES string of the molecule is CC[C@@H](C(=O)NC(C)(C)CCS(C)(=O)=O)c1ccccc1. The van der Waals surface area contributed by atoms with Gasteiger partial charge in [0.2, 0.25) is 5.91 Å². The Kier molecular flexibility index (Phi) is 5.96. The van der Waals surface area contributed by atoms with Gasteiger partial charge in [-0.2, -0.15) is 0 Å². The Morgan fingerprint density at radius 3 is 2.29 bits per heavy atom. The maximum atomic E-state index is 12.5. The predicted molar refractivity (Wildman–Crippen MR) is 86.0 cm³/mol. The van der Waals surface area contributed by atoms with E-state index in [0.717, 1.165) is 5.56 Å². The van der Waals surface area contributed by atoms with Crippen LogP contribution in [0.15, 0.2) is 30.3 Å². The molecular weight excluding hydrogens is 286 g/mol. The molecule has 0 heterocycles. The summed E-state index contributed by atoms with van der Waals surface area (Å²) in [6, 6.07) is 9.64. The molecule has 0 fully saturated rings. The third-order valence-electron chi connectivity index (χ3n) is 3.49. The predicted octanol–water partition coefficient (Wildman–Crippen LogP) is 2.51. The van der Waals surface area contributed by atoms with Gasteiger partial charge >= 0.3 is 0 Å². The molecule has 1 atom stereocenters. The molecular formula is C16H25NO3S. The molecule has 21 heavy (non-hydrogen) atoms. The first kappa shape index (κ1) is 17.7. The van der Waals surface area contributed by atoms with Gasteiger partial charge in [0.25, 0.3) is 0 Å². The Labute approximate surface area is 127 Å². The molecule has 0 bridgehead atoms. The molecule has 0 aromatic heterocycles. The van der Waals surface area contributed by atoms with Gasteiger partial charge in [0, 0.05) is 11.8 Å². The second-order valence-corrected chi connectivity index (χ2v) is 8.38. The fourth-order valence-corrected chi connectivity index (χ4v) is 3.06. The zero-order valence-electron chi connectivity index (χ0n) is 13.2. The maximum Gasteiger partial charge on any atom is 0.227 e. The summed E-state index contributed by atoms with van der Waals surface area (Å²) in [5.41, 5.74) is 0.443. The van der Waals surface area contributed by atoms with E-state index in [1.807, 2.05) is 51.1 Å². The van der Waals surface area contributed by atoms with Crippen molar-refractivity contribution < 1.29 is 13.2 Å². The van der Waals surface area contributed by atoms with E-state index >= 15 is 0 Å². The molecule has 4 nitrogen and oxygen atoms in total. The lowest BCUT2D eigenvalue weighted by Gasteiger charge is -2.28. The van der Waals surface area contributed by atoms with E-state index in [-0.39, 0.29) is 17.6 Å². The van der Waals surface area contributed by atoms with Crippen LogP contribution in [0, 0.1) is 0 Å². The summed E-state index contributed by atoms with van der Waals surface area (Å²) in [4.78, 5) is 12.5. The van der Waals surface area contributed by atoms with Gasteiger partial charge in [-0.3, -0.25) is 4.79 Å². The van der Waals surface area contributed by atoms with E-state index in [1.165, 1.54) is 6.26 Å². The summed E-state index contributed by atoms with van der Waals surface area (Å²) >= 11 is 0. The van der Waals surface area contributed by atoms with Crippen LogP contribution >= 0.6 is 0 Å². The monoisotopic (exact) mass is 311 g/mol. The van der Waals surface area contributed by atoms with Crippen molar-refractivity contribution in [1.29, 1.82) is 0 Å². The number of carbonyl (C=O) groups excluding carboxylic acids is 1. The highest BCUT2D eigenvalue weighted by Gasteiger charge is 2.26. The molecule has 0 aliphatic rings. The normalized spacial score (nSPS) is 13.7. The molecule has 1 N–H and O–H groups in total. The van der Waals surface area contributed by atoms with Gasteiger partial charge in [-0.15, -0.1) is 0 Å². The van der Waals surface area contributed by atoms with Crippen LogP contribution in [0.4, 0.5) is 0 Å². The van der Waals surface area contributed by atoms with Crippen LogP contribution in [0.1, 0.15) is 45.1 Å². The minimum Gasteiger partial charge on any atom is -0.351 e. The van der Waals surface area contributed by atoms with Crippen molar-refractivity contribution in [2.45, 2.75) is 45.1 Å². The zero-order chi connectivity index (χ0) is 16.1. The van der Waals surface area contributed by atoms with E-state index in [0.29, 0.717) is 12.8 Å². The van der Waals surface area contributed by atoms with Gasteiger partial charge in [-0.1, -0.05) is 37.3 Å². The summed E-state index contributed by atoms with van der Waals surface area (Å²) in [5.74, 6) is -0.187. The van der Waals surface area contributed by atoms with E-state index in [2.05, 4.69) is 5.32 Å². The fraction of sp³-hybridized carbons (Fsp3) is 0.562. The molecule has 0 unspecified atom stereocenters. The average molecular weight is 311 g/mol. The van der Waals surface area contributed by atoms with Gasteiger partial charge in [-0.25, -0.2) is 8.42 Å². The number of amides is 1. The molecule has 1 rings (SSSR count). The first-order valence-corrected chi connectivity index (χ1v) is 9.25. The van der Waals surface area contributed by atoms with Crippen LogP contribution < -0.4 is 5.32 Å². The number of sulfone groups is 1. The van der Waals surface area contributed by atoms with Crippen molar-refractivity contribution in [2.75, 3.05) is 12.0 Å². The lowest BCUT2D eigenvalue weighted by atomic mass is 9.93. The summed E-state index contributed by atoms with van der Waals surface area (Å²) in [6.07, 6.45) is 2.32. The number of hydrogen-bond donors (Lipinski definition) is 1. The van der Waals surface area contributed by atoms with Crippen molar-refractivity contribution in [1.82, 2.24) is 5.32 Å². The van der Waals surface area contributed by atoms with Crippen LogP contribution in [0.3, 0.4) is 0 Å². The van der Waals surface area contributed by atoms with Crippen molar-refractivity contribution in [3.8, 4) is 0 Å². The number of hydrogen-bond acceptors (Lipinski definition) is 3. The minimum absolute atomic E-state index is 0.0535. The van der Waals surface area contributed by atoms with Gasteiger partial charge in [0.15, 0.2) is 0 Å². The van der Waals surface area contributed by atoms with Gasteiger partial charge < -0.3 is 5.32 Å². The van der Waals surface area contributed by atoms with Crippen LogP contribution in [0.2, 0.25) is 0 Å². The second-order valence-electron chi connectivity index (χ2n) is 6.12. The fourth-order valence-electron chi connectivity index (χ4n) is 2.18. The standard InChI is InChI=1S/C16H25NO3S/c1-5-14(13-9-7-6-8-10-13)15(18)17-16(2,3)11-12-21(4,19)20/h6-10,14H,5,11-12H2,1-4H3,(H,17,18)/t14-/m1/s1. The average Bonchev–Trinajstić information content (AvgIpc) is 2.37. The number of carbonyl (C=O) groups is 1. The lowest BCUT2D eigenvalue weighted by molar-refractivity contribution is -0.124. The molecule has 0 saturated heterocycles. The van der Waals surface area contributed by atoms with Crippen LogP contribution in [0.25, 0.3) is 0 Å². The largest absolute Gasteiger partial charge is 0.351 e. The third-order valence-corrected chi connectivity index (χ3v) is 4.43. The van der Waals surface area contributed by atoms with Crippen molar-refractivity contribution in [2.24, 2.45) is 0 Å². The molecule has 1 amide bonds. The van der Waals surface area contributed by atoms with Crippen LogP contribution in [0.5, 0.6) is 0 Å². The summed E-state index contributed by atoms with van der Waals surface area (Å²) in [7, 11) is -3.02. The smallest absolute Gasteiger partial charge is 0.227 e. The second kappa shape index (κ2) is 7.07. The Hall–Kier alpha value is -1.36. The van der Waals surface area contributed by atoms with E-state index in [4.69, 9.17) is 0 Å². The summed E-state index contributed by atoms with van der Waals surface area (Å²) in [5, 5.41) is 2.97. The molecule has 0 spiro atoms. The Bertz CT molecular complexity index is 564. The Morgan fingerprint density at radius 2 is 1.81 bits per heavy atom. The number of benzene rings is 1. The molecule has 1 aromatic rings. The lowest BCUT2D eigenvalue weighted by Crippen LogP contribution is -2.46. The molecule has 0 saturated carbocycles. The molecule has 5 heteroatoms. The molecule has 118 valence electrons. The quantitative estimate of drug-likeness (QED) is 0.841. The van der Waals surface area contributed by atoms with Crippen molar-refractivity contribution >= 4 is 15.7 Å². The third kappa shape index (κ3) is 6.29. The number of rotatable bonds is 7. The highest BCUT2D eigenvalue weighted by atomic mass is 32.2. The molecule has 1 aromatic carbocycles. The number of nitrogens with one attached hydrogen (secondary N) is 1. The van der Waals surface area contributed by atoms with Crippen LogP contribution in [-0.2, 0) is 14.6 Å². The van der Waals surface area contributed by atoms with E-state index in [9.17, 15) is 13.2 Å². The van der Waals surface area contributed by atoms with Gasteiger partial charge in [0.1, 0.15) is 9.84 Å². The first-order valence-electron chi connectivity index (χ1n) is 7.19. The first-order chi connectivity index (χ1) is 9.64. The zero-order valence-corrected chi connectivity index (χ0v) is 14.0. The van der Waals surface area contributed by atoms with Crippen molar-refractivity contribution in [3.05, 3.63) is 35.9 Å². The van der Waals surface area contributed by atoms with Crippen molar-refractivity contribution in [3.63, 3.8) is 0 Å². The highest BCUT2D eigenvalue weighted by molar-refractivity contribution is 7.90. The summed E-state index contributed by atoms with van der Waals surface area (Å²) < 4.78 is 22.5. The molecule has 0 radical (unpaired) electrons. The van der Waals surface area contributed by atoms with Crippen LogP contribution in [-0.4, -0.2) is 31.9 Å². The summed E-state index contributed by atoms with van der Waals surface area (Å²) in [6.45, 7) is 5.68. The topological polar surface area (TPSA) is 63.2 Å². The molecule has 0 aliphatic carbocycles. The van der Waals surface area contributed by atoms with E-state index < -0.39 is 15.4 Å². The van der Waals surface area contributed by atoms with Gasteiger partial charge in [0.05, 0.1) is 11.7 Å². The molecule has 0 aliphatic heterocycles. The maximum absolute atomic E-state index is 12.5. The van der Waals surface area contributed by atoms with E-state index in [1.54, 1.807) is 0 Å². The van der Waals surface area contributed by atoms with Gasteiger partial charge in [-0.05, 0) is 32.3 Å². The highest BCUT2D eigenvalue weighted by Crippen LogP contribution is 2.21.